The lowest BCUT2D eigenvalue weighted by atomic mass is 10.2. The Kier molecular flexibility index (Phi) is 8.53. The molecule has 0 aromatic rings. The molecule has 0 fully saturated rings. The monoisotopic (exact) mass is 226 g/mol. The minimum absolute atomic E-state index is 0.111. The van der Waals surface area contributed by atoms with Gasteiger partial charge in [-0.2, -0.15) is 0 Å². The molecule has 13 heavy (non-hydrogen) atoms. The van der Waals surface area contributed by atoms with Crippen molar-refractivity contribution in [2.24, 2.45) is 0 Å². The van der Waals surface area contributed by atoms with Gasteiger partial charge in [-0.1, -0.05) is 36.4 Å². The van der Waals surface area contributed by atoms with Crippen molar-refractivity contribution < 1.29 is 19.8 Å². The first kappa shape index (κ1) is 14.5. The van der Waals surface area contributed by atoms with Gasteiger partial charge in [-0.05, 0) is 0 Å². The molecule has 0 aliphatic heterocycles. The third-order valence-electron chi connectivity index (χ3n) is 0.667. The van der Waals surface area contributed by atoms with Gasteiger partial charge in [0.05, 0.1) is 10.9 Å². The van der Waals surface area contributed by atoms with Gasteiger partial charge in [0.1, 0.15) is 0 Å². The molecule has 0 spiro atoms. The van der Waals surface area contributed by atoms with Crippen LogP contribution in [0.3, 0.4) is 0 Å². The Morgan fingerprint density at radius 1 is 1.15 bits per heavy atom. The van der Waals surface area contributed by atoms with Crippen molar-refractivity contribution in [3.63, 3.8) is 0 Å². The van der Waals surface area contributed by atoms with E-state index in [0.29, 0.717) is 0 Å². The maximum atomic E-state index is 9.87. The molecule has 6 heteroatoms. The number of hydrogen-bond donors (Lipinski definition) is 2. The van der Waals surface area contributed by atoms with Gasteiger partial charge in [0.2, 0.25) is 0 Å². The van der Waals surface area contributed by atoms with E-state index in [1.807, 2.05) is 0 Å². The normalized spacial score (nSPS) is 7.85. The van der Waals surface area contributed by atoms with Crippen molar-refractivity contribution in [2.45, 2.75) is 6.42 Å². The summed E-state index contributed by atoms with van der Waals surface area (Å²) in [7, 11) is 0. The van der Waals surface area contributed by atoms with E-state index in [1.54, 1.807) is 0 Å². The van der Waals surface area contributed by atoms with Gasteiger partial charge in [0, 0.05) is 5.57 Å². The van der Waals surface area contributed by atoms with Crippen LogP contribution in [0.5, 0.6) is 0 Å². The average Bonchev–Trinajstić information content (AvgIpc) is 1.83. The van der Waals surface area contributed by atoms with Crippen LogP contribution in [0.15, 0.2) is 23.2 Å². The SMILES string of the molecule is C=C(CC(=O)O)C(=O)O.C=C(Cl)Cl. The van der Waals surface area contributed by atoms with Gasteiger partial charge in [0.15, 0.2) is 0 Å². The predicted octanol–water partition coefficient (Wildman–Crippen LogP) is 2.04. The van der Waals surface area contributed by atoms with Crippen molar-refractivity contribution in [2.75, 3.05) is 0 Å². The third-order valence-corrected chi connectivity index (χ3v) is 0.667. The van der Waals surface area contributed by atoms with Crippen molar-refractivity contribution in [1.82, 2.24) is 0 Å². The zero-order valence-electron chi connectivity index (χ0n) is 6.59. The Balaban J connectivity index is 0. The second-order valence-corrected chi connectivity index (χ2v) is 2.92. The van der Waals surface area contributed by atoms with Crippen LogP contribution < -0.4 is 0 Å². The molecule has 0 saturated carbocycles. The van der Waals surface area contributed by atoms with Crippen LogP contribution in [0.2, 0.25) is 0 Å². The Labute approximate surface area is 85.1 Å². The summed E-state index contributed by atoms with van der Waals surface area (Å²) in [5.41, 5.74) is -0.303. The van der Waals surface area contributed by atoms with E-state index in [1.165, 1.54) is 0 Å². The van der Waals surface area contributed by atoms with Crippen molar-refractivity contribution in [3.05, 3.63) is 23.2 Å². The highest BCUT2D eigenvalue weighted by Gasteiger charge is 2.07. The second-order valence-electron chi connectivity index (χ2n) is 1.82. The van der Waals surface area contributed by atoms with Crippen molar-refractivity contribution in [3.8, 4) is 0 Å². The quantitative estimate of drug-likeness (QED) is 0.723. The van der Waals surface area contributed by atoms with E-state index in [-0.39, 0.29) is 10.1 Å². The molecule has 0 bridgehead atoms. The first-order chi connectivity index (χ1) is 5.77. The summed E-state index contributed by atoms with van der Waals surface area (Å²) in [5, 5.41) is 16.1. The van der Waals surface area contributed by atoms with Crippen LogP contribution in [0.4, 0.5) is 0 Å². The molecule has 0 aliphatic carbocycles. The van der Waals surface area contributed by atoms with Crippen LogP contribution in [0.25, 0.3) is 0 Å². The van der Waals surface area contributed by atoms with E-state index in [4.69, 9.17) is 33.4 Å². The lowest BCUT2D eigenvalue weighted by molar-refractivity contribution is -0.139. The topological polar surface area (TPSA) is 74.6 Å². The Hall–Kier alpha value is -1.00. The molecule has 0 amide bonds. The van der Waals surface area contributed by atoms with Crippen LogP contribution in [0.1, 0.15) is 6.42 Å². The number of carboxylic acids is 2. The molecule has 0 saturated heterocycles. The van der Waals surface area contributed by atoms with E-state index in [9.17, 15) is 9.59 Å². The van der Waals surface area contributed by atoms with Gasteiger partial charge < -0.3 is 10.2 Å². The number of hydrogen-bond acceptors (Lipinski definition) is 2. The highest BCUT2D eigenvalue weighted by Crippen LogP contribution is 1.98. The Morgan fingerprint density at radius 2 is 1.46 bits per heavy atom. The fraction of sp³-hybridized carbons (Fsp3) is 0.143. The molecule has 0 aromatic heterocycles. The van der Waals surface area contributed by atoms with E-state index in [2.05, 4.69) is 13.2 Å². The lowest BCUT2D eigenvalue weighted by Gasteiger charge is -1.91. The number of carbonyl (C=O) groups is 2. The summed E-state index contributed by atoms with van der Waals surface area (Å²) in [6, 6.07) is 0. The number of rotatable bonds is 3. The van der Waals surface area contributed by atoms with Gasteiger partial charge in [0.25, 0.3) is 0 Å². The largest absolute Gasteiger partial charge is 0.481 e. The summed E-state index contributed by atoms with van der Waals surface area (Å²) in [5.74, 6) is -2.44. The highest BCUT2D eigenvalue weighted by atomic mass is 35.5. The molecule has 0 aliphatic rings. The molecule has 0 atom stereocenters. The van der Waals surface area contributed by atoms with Crippen molar-refractivity contribution >= 4 is 35.1 Å². The number of halogens is 2. The highest BCUT2D eigenvalue weighted by molar-refractivity contribution is 6.55. The smallest absolute Gasteiger partial charge is 0.331 e. The molecular weight excluding hydrogens is 219 g/mol. The zero-order chi connectivity index (χ0) is 11.0. The minimum atomic E-state index is -1.27. The van der Waals surface area contributed by atoms with Gasteiger partial charge in [-0.25, -0.2) is 4.79 Å². The summed E-state index contributed by atoms with van der Waals surface area (Å²) < 4.78 is 0.111. The average molecular weight is 227 g/mol. The third kappa shape index (κ3) is 18.2. The maximum Gasteiger partial charge on any atom is 0.331 e. The van der Waals surface area contributed by atoms with Gasteiger partial charge in [-0.3, -0.25) is 4.79 Å². The van der Waals surface area contributed by atoms with Crippen molar-refractivity contribution in [1.29, 1.82) is 0 Å². The maximum absolute atomic E-state index is 9.87. The van der Waals surface area contributed by atoms with Gasteiger partial charge >= 0.3 is 11.9 Å². The molecule has 0 aromatic carbocycles. The molecule has 2 N–H and O–H groups in total. The Morgan fingerprint density at radius 3 is 1.54 bits per heavy atom. The lowest BCUT2D eigenvalue weighted by Crippen LogP contribution is -2.04. The molecule has 0 unspecified atom stereocenters. The van der Waals surface area contributed by atoms with Crippen LogP contribution in [-0.4, -0.2) is 22.2 Å². The molecule has 74 valence electrons. The van der Waals surface area contributed by atoms with Crippen LogP contribution in [0, 0.1) is 0 Å². The summed E-state index contributed by atoms with van der Waals surface area (Å²) in [6.07, 6.45) is -0.505. The number of aliphatic carboxylic acids is 2. The first-order valence-electron chi connectivity index (χ1n) is 2.90. The van der Waals surface area contributed by atoms with E-state index < -0.39 is 18.4 Å². The van der Waals surface area contributed by atoms with Crippen LogP contribution in [-0.2, 0) is 9.59 Å². The fourth-order valence-electron chi connectivity index (χ4n) is 0.258. The molecule has 4 nitrogen and oxygen atoms in total. The molecule has 0 rings (SSSR count). The summed E-state index contributed by atoms with van der Waals surface area (Å²) in [6.45, 7) is 6.10. The number of carboxylic acid groups (broad SMARTS) is 2. The van der Waals surface area contributed by atoms with Gasteiger partial charge in [-0.15, -0.1) is 0 Å². The second kappa shape index (κ2) is 7.64. The Bertz CT molecular complexity index is 231. The molecule has 0 heterocycles. The molecule has 0 radical (unpaired) electrons. The van der Waals surface area contributed by atoms with E-state index in [0.717, 1.165) is 0 Å². The van der Waals surface area contributed by atoms with Crippen LogP contribution >= 0.6 is 23.2 Å². The zero-order valence-corrected chi connectivity index (χ0v) is 8.10. The predicted molar refractivity (Wildman–Crippen MR) is 49.9 cm³/mol. The fourth-order valence-corrected chi connectivity index (χ4v) is 0.258. The first-order valence-corrected chi connectivity index (χ1v) is 3.65. The summed E-state index contributed by atoms with van der Waals surface area (Å²) in [4.78, 5) is 19.7. The summed E-state index contributed by atoms with van der Waals surface area (Å²) >= 11 is 9.69. The minimum Gasteiger partial charge on any atom is -0.481 e. The molecular formula is C7H8Cl2O4. The van der Waals surface area contributed by atoms with E-state index >= 15 is 0 Å². The standard InChI is InChI=1S/C5H6O4.C2H2Cl2/c1-3(5(8)9)2-4(6)7;1-2(3)4/h1-2H2,(H,6,7)(H,8,9);1H2.